The Morgan fingerprint density at radius 1 is 0.853 bits per heavy atom. The predicted molar refractivity (Wildman–Crippen MR) is 133 cm³/mol. The van der Waals surface area contributed by atoms with Crippen molar-refractivity contribution in [1.82, 2.24) is 5.43 Å². The minimum Gasteiger partial charge on any atom is -0.375 e. The van der Waals surface area contributed by atoms with Gasteiger partial charge in [-0.1, -0.05) is 24.3 Å². The van der Waals surface area contributed by atoms with Gasteiger partial charge in [0.2, 0.25) is 5.91 Å². The number of benzene rings is 3. The zero-order valence-corrected chi connectivity index (χ0v) is 19.9. The van der Waals surface area contributed by atoms with Crippen LogP contribution in [0.15, 0.2) is 88.7 Å². The van der Waals surface area contributed by atoms with E-state index in [0.29, 0.717) is 17.1 Å². The van der Waals surface area contributed by atoms with Crippen LogP contribution >= 0.6 is 11.8 Å². The molecule has 0 saturated heterocycles. The number of hydrogen-bond acceptors (Lipinski definition) is 7. The number of rotatable bonds is 11. The van der Waals surface area contributed by atoms with E-state index in [4.69, 9.17) is 4.74 Å². The Bertz CT molecular complexity index is 1220. The van der Waals surface area contributed by atoms with Crippen molar-refractivity contribution in [3.63, 3.8) is 0 Å². The molecule has 0 aliphatic carbocycles. The van der Waals surface area contributed by atoms with Gasteiger partial charge in [-0.3, -0.25) is 25.2 Å². The van der Waals surface area contributed by atoms with Gasteiger partial charge < -0.3 is 10.1 Å². The van der Waals surface area contributed by atoms with E-state index in [0.717, 1.165) is 4.90 Å². The highest BCUT2D eigenvalue weighted by atomic mass is 32.2. The summed E-state index contributed by atoms with van der Waals surface area (Å²) in [5.41, 5.74) is 6.42. The number of sulfonamides is 1. The quantitative estimate of drug-likeness (QED) is 0.235. The Kier molecular flexibility index (Phi) is 8.91. The molecular weight excluding hydrogens is 476 g/mol. The highest BCUT2D eigenvalue weighted by Crippen LogP contribution is 2.22. The molecule has 0 spiro atoms. The zero-order valence-electron chi connectivity index (χ0n) is 18.3. The molecule has 0 bridgehead atoms. The fourth-order valence-electron chi connectivity index (χ4n) is 2.75. The van der Waals surface area contributed by atoms with Gasteiger partial charge in [0.05, 0.1) is 16.3 Å². The Hall–Kier alpha value is -3.54. The second kappa shape index (κ2) is 12.1. The van der Waals surface area contributed by atoms with Gasteiger partial charge in [-0.25, -0.2) is 8.42 Å². The number of anilines is 3. The lowest BCUT2D eigenvalue weighted by Crippen LogP contribution is -2.32. The zero-order chi connectivity index (χ0) is 24.4. The predicted octanol–water partition coefficient (Wildman–Crippen LogP) is 3.31. The number of carbonyl (C=O) groups is 2. The van der Waals surface area contributed by atoms with Crippen molar-refractivity contribution in [2.45, 2.75) is 9.79 Å². The third-order valence-electron chi connectivity index (χ3n) is 4.30. The third-order valence-corrected chi connectivity index (χ3v) is 6.69. The van der Waals surface area contributed by atoms with Crippen LogP contribution in [0.4, 0.5) is 17.1 Å². The number of hydrogen-bond donors (Lipinski definition) is 4. The van der Waals surface area contributed by atoms with Gasteiger partial charge in [0.25, 0.3) is 15.9 Å². The molecule has 3 aromatic carbocycles. The summed E-state index contributed by atoms with van der Waals surface area (Å²) in [6, 6.07) is 21.9. The van der Waals surface area contributed by atoms with Gasteiger partial charge in [-0.05, 0) is 54.6 Å². The van der Waals surface area contributed by atoms with Gasteiger partial charge in [-0.2, -0.15) is 0 Å². The molecule has 0 radical (unpaired) electrons. The van der Waals surface area contributed by atoms with E-state index in [1.165, 1.54) is 31.0 Å². The van der Waals surface area contributed by atoms with Crippen LogP contribution in [-0.4, -0.2) is 39.7 Å². The Morgan fingerprint density at radius 2 is 1.56 bits per heavy atom. The molecule has 34 heavy (non-hydrogen) atoms. The summed E-state index contributed by atoms with van der Waals surface area (Å²) in [6.07, 6.45) is 0. The first-order valence-electron chi connectivity index (χ1n) is 10.1. The minimum atomic E-state index is -3.89. The number of hydrazine groups is 1. The van der Waals surface area contributed by atoms with Gasteiger partial charge in [0.15, 0.2) is 0 Å². The van der Waals surface area contributed by atoms with Crippen LogP contribution in [0.3, 0.4) is 0 Å². The van der Waals surface area contributed by atoms with E-state index in [1.54, 1.807) is 36.4 Å². The molecule has 0 aliphatic heterocycles. The molecule has 0 aromatic heterocycles. The summed E-state index contributed by atoms with van der Waals surface area (Å²) in [7, 11) is -2.47. The van der Waals surface area contributed by atoms with Crippen LogP contribution in [0.25, 0.3) is 0 Å². The van der Waals surface area contributed by atoms with Crippen LogP contribution < -0.4 is 20.9 Å². The molecule has 0 heterocycles. The van der Waals surface area contributed by atoms with E-state index >= 15 is 0 Å². The number of methoxy groups -OCH3 is 1. The Labute approximate surface area is 202 Å². The molecule has 11 heteroatoms. The first kappa shape index (κ1) is 25.1. The summed E-state index contributed by atoms with van der Waals surface area (Å²) in [4.78, 5) is 24.6. The van der Waals surface area contributed by atoms with Gasteiger partial charge in [0, 0.05) is 23.4 Å². The molecular formula is C23H24N4O5S2. The second-order valence-electron chi connectivity index (χ2n) is 6.97. The van der Waals surface area contributed by atoms with Crippen molar-refractivity contribution >= 4 is 50.7 Å². The first-order chi connectivity index (χ1) is 16.4. The summed E-state index contributed by atoms with van der Waals surface area (Å²) >= 11 is 1.39. The molecule has 0 saturated carbocycles. The SMILES string of the molecule is COCC(=O)NNc1ccc(NS(=O)(=O)c2cccc(NC(=O)CSc3ccccc3)c2)cc1. The van der Waals surface area contributed by atoms with Crippen molar-refractivity contribution in [2.75, 3.05) is 34.9 Å². The maximum absolute atomic E-state index is 12.8. The molecule has 0 unspecified atom stereocenters. The maximum atomic E-state index is 12.8. The van der Waals surface area contributed by atoms with Gasteiger partial charge >= 0.3 is 0 Å². The topological polar surface area (TPSA) is 126 Å². The second-order valence-corrected chi connectivity index (χ2v) is 9.70. The molecule has 0 atom stereocenters. The Morgan fingerprint density at radius 3 is 2.26 bits per heavy atom. The van der Waals surface area contributed by atoms with Crippen molar-refractivity contribution in [3.05, 3.63) is 78.9 Å². The number of ether oxygens (including phenoxy) is 1. The van der Waals surface area contributed by atoms with E-state index in [2.05, 4.69) is 20.9 Å². The molecule has 0 fully saturated rings. The van der Waals surface area contributed by atoms with Crippen LogP contribution in [0.5, 0.6) is 0 Å². The average molecular weight is 501 g/mol. The monoisotopic (exact) mass is 500 g/mol. The van der Waals surface area contributed by atoms with Crippen LogP contribution in [0.1, 0.15) is 0 Å². The van der Waals surface area contributed by atoms with Crippen molar-refractivity contribution in [1.29, 1.82) is 0 Å². The highest BCUT2D eigenvalue weighted by Gasteiger charge is 2.15. The number of amides is 2. The molecule has 178 valence electrons. The van der Waals surface area contributed by atoms with Crippen LogP contribution in [0.2, 0.25) is 0 Å². The molecule has 4 N–H and O–H groups in total. The molecule has 9 nitrogen and oxygen atoms in total. The molecule has 3 aromatic rings. The lowest BCUT2D eigenvalue weighted by Gasteiger charge is -2.12. The fraction of sp³-hybridized carbons (Fsp3) is 0.130. The summed E-state index contributed by atoms with van der Waals surface area (Å²) in [6.45, 7) is -0.0870. The van der Waals surface area contributed by atoms with E-state index in [-0.39, 0.29) is 29.1 Å². The fourth-order valence-corrected chi connectivity index (χ4v) is 4.57. The highest BCUT2D eigenvalue weighted by molar-refractivity contribution is 8.00. The first-order valence-corrected chi connectivity index (χ1v) is 12.6. The summed E-state index contributed by atoms with van der Waals surface area (Å²) in [5, 5.41) is 2.72. The molecule has 2 amide bonds. The molecule has 3 rings (SSSR count). The lowest BCUT2D eigenvalue weighted by atomic mass is 10.3. The smallest absolute Gasteiger partial charge is 0.264 e. The van der Waals surface area contributed by atoms with E-state index in [9.17, 15) is 18.0 Å². The van der Waals surface area contributed by atoms with Gasteiger partial charge in [0.1, 0.15) is 6.61 Å². The standard InChI is InChI=1S/C23H24N4O5S2/c1-32-15-22(28)26-25-17-10-12-18(13-11-17)27-34(30,31)21-9-5-6-19(14-21)24-23(29)16-33-20-7-3-2-4-8-20/h2-14,25,27H,15-16H2,1H3,(H,24,29)(H,26,28). The lowest BCUT2D eigenvalue weighted by molar-refractivity contribution is -0.124. The van der Waals surface area contributed by atoms with Crippen LogP contribution in [-0.2, 0) is 24.3 Å². The molecule has 0 aliphatic rings. The third kappa shape index (κ3) is 7.80. The normalized spacial score (nSPS) is 10.9. The number of thioether (sulfide) groups is 1. The van der Waals surface area contributed by atoms with Crippen molar-refractivity contribution < 1.29 is 22.7 Å². The summed E-state index contributed by atoms with van der Waals surface area (Å²) < 4.78 is 32.8. The Balaban J connectivity index is 1.58. The minimum absolute atomic E-state index is 0.00930. The number of nitrogens with one attached hydrogen (secondary N) is 4. The average Bonchev–Trinajstić information content (AvgIpc) is 2.83. The van der Waals surface area contributed by atoms with Gasteiger partial charge in [-0.15, -0.1) is 11.8 Å². The maximum Gasteiger partial charge on any atom is 0.264 e. The van der Waals surface area contributed by atoms with E-state index < -0.39 is 10.0 Å². The largest absolute Gasteiger partial charge is 0.375 e. The number of carbonyl (C=O) groups excluding carboxylic acids is 2. The van der Waals surface area contributed by atoms with Crippen molar-refractivity contribution in [2.24, 2.45) is 0 Å². The van der Waals surface area contributed by atoms with E-state index in [1.807, 2.05) is 30.3 Å². The van der Waals surface area contributed by atoms with Crippen LogP contribution in [0, 0.1) is 0 Å². The van der Waals surface area contributed by atoms with Crippen molar-refractivity contribution in [3.8, 4) is 0 Å². The summed E-state index contributed by atoms with van der Waals surface area (Å²) in [5.74, 6) is -0.388.